The van der Waals surface area contributed by atoms with E-state index < -0.39 is 5.91 Å². The lowest BCUT2D eigenvalue weighted by Crippen LogP contribution is -2.22. The van der Waals surface area contributed by atoms with Gasteiger partial charge in [-0.15, -0.1) is 11.3 Å². The first-order chi connectivity index (χ1) is 10.4. The van der Waals surface area contributed by atoms with E-state index in [4.69, 9.17) is 10.5 Å². The smallest absolute Gasteiger partial charge is 0.262 e. The number of carbonyl (C=O) groups excluding carboxylic acids is 2. The third-order valence-corrected chi connectivity index (χ3v) is 4.46. The molecule has 0 saturated heterocycles. The molecule has 22 heavy (non-hydrogen) atoms. The highest BCUT2D eigenvalue weighted by Gasteiger charge is 2.19. The topological polar surface area (TPSA) is 81.4 Å². The highest BCUT2D eigenvalue weighted by Crippen LogP contribution is 2.31. The van der Waals surface area contributed by atoms with Gasteiger partial charge in [0, 0.05) is 4.88 Å². The van der Waals surface area contributed by atoms with E-state index >= 15 is 0 Å². The summed E-state index contributed by atoms with van der Waals surface area (Å²) in [5, 5.41) is 3.17. The van der Waals surface area contributed by atoms with Crippen LogP contribution in [0.15, 0.2) is 24.3 Å². The number of primary amides is 1. The molecule has 0 spiro atoms. The Hall–Kier alpha value is -2.34. The maximum Gasteiger partial charge on any atom is 0.262 e. The predicted octanol–water partition coefficient (Wildman–Crippen LogP) is 2.79. The molecule has 3 N–H and O–H groups in total. The van der Waals surface area contributed by atoms with Crippen molar-refractivity contribution in [1.29, 1.82) is 0 Å². The molecular weight excluding hydrogens is 300 g/mol. The Bertz CT molecular complexity index is 722. The van der Waals surface area contributed by atoms with Crippen LogP contribution in [0.5, 0.6) is 5.75 Å². The fourth-order valence-corrected chi connectivity index (χ4v) is 3.12. The fourth-order valence-electron chi connectivity index (χ4n) is 2.04. The molecule has 1 aromatic carbocycles. The van der Waals surface area contributed by atoms with Crippen LogP contribution >= 0.6 is 11.3 Å². The third kappa shape index (κ3) is 3.46. The maximum atomic E-state index is 12.0. The zero-order valence-corrected chi connectivity index (χ0v) is 13.5. The molecule has 0 atom stereocenters. The van der Waals surface area contributed by atoms with Crippen molar-refractivity contribution in [1.82, 2.24) is 0 Å². The molecule has 2 rings (SSSR count). The number of anilines is 1. The number of amides is 2. The van der Waals surface area contributed by atoms with Gasteiger partial charge in [0.05, 0.1) is 5.56 Å². The summed E-state index contributed by atoms with van der Waals surface area (Å²) < 4.78 is 5.48. The highest BCUT2D eigenvalue weighted by molar-refractivity contribution is 7.16. The number of para-hydroxylation sites is 1. The number of nitrogens with one attached hydrogen (secondary N) is 1. The molecule has 6 heteroatoms. The summed E-state index contributed by atoms with van der Waals surface area (Å²) in [6.45, 7) is 5.47. The average Bonchev–Trinajstić information content (AvgIpc) is 2.72. The summed E-state index contributed by atoms with van der Waals surface area (Å²) in [7, 11) is 0. The van der Waals surface area contributed by atoms with Crippen molar-refractivity contribution in [2.75, 3.05) is 11.9 Å². The number of ether oxygens (including phenoxy) is 1. The Morgan fingerprint density at radius 3 is 2.55 bits per heavy atom. The minimum atomic E-state index is -0.544. The van der Waals surface area contributed by atoms with E-state index in [0.29, 0.717) is 16.3 Å². The molecule has 0 radical (unpaired) electrons. The molecule has 0 aliphatic carbocycles. The number of nitrogens with two attached hydrogens (primary N) is 1. The van der Waals surface area contributed by atoms with Crippen molar-refractivity contribution in [3.8, 4) is 5.75 Å². The number of benzene rings is 1. The van der Waals surface area contributed by atoms with Crippen molar-refractivity contribution in [3.63, 3.8) is 0 Å². The number of hydrogen-bond acceptors (Lipinski definition) is 4. The van der Waals surface area contributed by atoms with Gasteiger partial charge >= 0.3 is 0 Å². The number of rotatable bonds is 5. The summed E-state index contributed by atoms with van der Waals surface area (Å²) in [4.78, 5) is 24.5. The first-order valence-electron chi connectivity index (χ1n) is 6.78. The Balaban J connectivity index is 2.06. The Morgan fingerprint density at radius 1 is 1.23 bits per heavy atom. The Labute approximate surface area is 133 Å². The third-order valence-electron chi connectivity index (χ3n) is 3.34. The van der Waals surface area contributed by atoms with E-state index in [9.17, 15) is 9.59 Å². The lowest BCUT2D eigenvalue weighted by atomic mass is 10.1. The van der Waals surface area contributed by atoms with Gasteiger partial charge in [0.2, 0.25) is 0 Å². The van der Waals surface area contributed by atoms with Gasteiger partial charge in [-0.25, -0.2) is 0 Å². The van der Waals surface area contributed by atoms with Crippen LogP contribution in [0.2, 0.25) is 0 Å². The number of carbonyl (C=O) groups is 2. The van der Waals surface area contributed by atoms with E-state index in [2.05, 4.69) is 5.32 Å². The zero-order chi connectivity index (χ0) is 16.3. The zero-order valence-electron chi connectivity index (χ0n) is 12.7. The van der Waals surface area contributed by atoms with Crippen molar-refractivity contribution in [2.24, 2.45) is 5.73 Å². The Kier molecular flexibility index (Phi) is 4.82. The second kappa shape index (κ2) is 6.62. The SMILES string of the molecule is Cc1ccccc1OCC(=O)Nc1sc(C)c(C)c1C(N)=O. The largest absolute Gasteiger partial charge is 0.483 e. The van der Waals surface area contributed by atoms with Gasteiger partial charge in [-0.2, -0.15) is 0 Å². The van der Waals surface area contributed by atoms with E-state index in [1.54, 1.807) is 6.07 Å². The molecule has 5 nitrogen and oxygen atoms in total. The van der Waals surface area contributed by atoms with Crippen LogP contribution in [-0.2, 0) is 4.79 Å². The highest BCUT2D eigenvalue weighted by atomic mass is 32.1. The van der Waals surface area contributed by atoms with Gasteiger partial charge in [-0.05, 0) is 38.0 Å². The summed E-state index contributed by atoms with van der Waals surface area (Å²) in [5.74, 6) is -0.213. The number of thiophene rings is 1. The minimum Gasteiger partial charge on any atom is -0.483 e. The van der Waals surface area contributed by atoms with Crippen LogP contribution in [0.1, 0.15) is 26.4 Å². The van der Waals surface area contributed by atoms with Gasteiger partial charge in [0.1, 0.15) is 10.8 Å². The second-order valence-electron chi connectivity index (χ2n) is 4.95. The predicted molar refractivity (Wildman–Crippen MR) is 87.6 cm³/mol. The first-order valence-corrected chi connectivity index (χ1v) is 7.60. The molecule has 0 unspecified atom stereocenters. The molecule has 2 amide bonds. The summed E-state index contributed by atoms with van der Waals surface area (Å²) in [6, 6.07) is 7.46. The quantitative estimate of drug-likeness (QED) is 0.889. The summed E-state index contributed by atoms with van der Waals surface area (Å²) >= 11 is 1.33. The van der Waals surface area contributed by atoms with Gasteiger partial charge in [0.25, 0.3) is 11.8 Å². The van der Waals surface area contributed by atoms with Crippen LogP contribution in [0.3, 0.4) is 0 Å². The molecule has 1 aromatic heterocycles. The Morgan fingerprint density at radius 2 is 1.91 bits per heavy atom. The van der Waals surface area contributed by atoms with E-state index in [1.807, 2.05) is 39.0 Å². The fraction of sp³-hybridized carbons (Fsp3) is 0.250. The second-order valence-corrected chi connectivity index (χ2v) is 6.18. The van der Waals surface area contributed by atoms with E-state index in [0.717, 1.165) is 16.0 Å². The molecular formula is C16H18N2O3S. The van der Waals surface area contributed by atoms with E-state index in [1.165, 1.54) is 11.3 Å². The molecule has 116 valence electrons. The van der Waals surface area contributed by atoms with Gasteiger partial charge in [-0.3, -0.25) is 9.59 Å². The van der Waals surface area contributed by atoms with Crippen LogP contribution < -0.4 is 15.8 Å². The van der Waals surface area contributed by atoms with Crippen LogP contribution in [-0.4, -0.2) is 18.4 Å². The molecule has 2 aromatic rings. The van der Waals surface area contributed by atoms with Crippen molar-refractivity contribution in [2.45, 2.75) is 20.8 Å². The summed E-state index contributed by atoms with van der Waals surface area (Å²) in [5.41, 5.74) is 7.50. The molecule has 0 saturated carbocycles. The molecule has 0 fully saturated rings. The van der Waals surface area contributed by atoms with E-state index in [-0.39, 0.29) is 12.5 Å². The van der Waals surface area contributed by atoms with Gasteiger partial charge < -0.3 is 15.8 Å². The van der Waals surface area contributed by atoms with Crippen molar-refractivity contribution < 1.29 is 14.3 Å². The minimum absolute atomic E-state index is 0.126. The normalized spacial score (nSPS) is 10.3. The average molecular weight is 318 g/mol. The lowest BCUT2D eigenvalue weighted by molar-refractivity contribution is -0.118. The first kappa shape index (κ1) is 16.0. The number of hydrogen-bond donors (Lipinski definition) is 2. The van der Waals surface area contributed by atoms with Crippen LogP contribution in [0.4, 0.5) is 5.00 Å². The van der Waals surface area contributed by atoms with Gasteiger partial charge in [0.15, 0.2) is 6.61 Å². The van der Waals surface area contributed by atoms with Crippen LogP contribution in [0.25, 0.3) is 0 Å². The standard InChI is InChI=1S/C16H18N2O3S/c1-9-6-4-5-7-12(9)21-8-13(19)18-16-14(15(17)20)10(2)11(3)22-16/h4-7H,8H2,1-3H3,(H2,17,20)(H,18,19). The molecule has 0 aliphatic heterocycles. The van der Waals surface area contributed by atoms with Crippen molar-refractivity contribution in [3.05, 3.63) is 45.8 Å². The molecule has 0 bridgehead atoms. The van der Waals surface area contributed by atoms with Gasteiger partial charge in [-0.1, -0.05) is 18.2 Å². The lowest BCUT2D eigenvalue weighted by Gasteiger charge is -2.09. The van der Waals surface area contributed by atoms with Crippen molar-refractivity contribution >= 4 is 28.2 Å². The molecule has 0 aliphatic rings. The monoisotopic (exact) mass is 318 g/mol. The molecule has 1 heterocycles. The number of aryl methyl sites for hydroxylation is 2. The van der Waals surface area contributed by atoms with Crippen LogP contribution in [0, 0.1) is 20.8 Å². The maximum absolute atomic E-state index is 12.0. The summed E-state index contributed by atoms with van der Waals surface area (Å²) in [6.07, 6.45) is 0.